The maximum atomic E-state index is 11.3. The number of carboxylic acids is 1. The summed E-state index contributed by atoms with van der Waals surface area (Å²) in [6, 6.07) is 5.66. The van der Waals surface area contributed by atoms with Crippen LogP contribution in [0.25, 0.3) is 0 Å². The van der Waals surface area contributed by atoms with E-state index in [2.05, 4.69) is 66.3 Å². The Bertz CT molecular complexity index is 927. The predicted octanol–water partition coefficient (Wildman–Crippen LogP) is 6.02. The summed E-state index contributed by atoms with van der Waals surface area (Å²) in [6.07, 6.45) is 8.26. The third-order valence-electron chi connectivity index (χ3n) is 4.22. The Balaban J connectivity index is 1.95. The highest BCUT2D eigenvalue weighted by atomic mass is 127. The normalized spacial score (nSPS) is 19.5. The molecule has 0 aromatic heterocycles. The molecule has 1 aliphatic carbocycles. The number of aliphatic carboxylic acids is 1. The maximum Gasteiger partial charge on any atom is 0.333 e. The summed E-state index contributed by atoms with van der Waals surface area (Å²) in [5, 5.41) is 9.23. The van der Waals surface area contributed by atoms with Gasteiger partial charge in [0.1, 0.15) is 16.7 Å². The van der Waals surface area contributed by atoms with Crippen molar-refractivity contribution in [2.24, 2.45) is 0 Å². The Hall–Kier alpha value is -1.08. The van der Waals surface area contributed by atoms with E-state index in [1.165, 1.54) is 0 Å². The lowest BCUT2D eigenvalue weighted by molar-refractivity contribution is -0.149. The number of halogens is 3. The van der Waals surface area contributed by atoms with E-state index < -0.39 is 12.1 Å². The smallest absolute Gasteiger partial charge is 0.333 e. The number of rotatable bonds is 8. The fourth-order valence-electron chi connectivity index (χ4n) is 2.69. The van der Waals surface area contributed by atoms with Gasteiger partial charge >= 0.3 is 5.97 Å². The minimum absolute atomic E-state index is 0.322. The van der Waals surface area contributed by atoms with Gasteiger partial charge in [-0.15, -0.1) is 0 Å². The Morgan fingerprint density at radius 2 is 2.23 bits per heavy atom. The van der Waals surface area contributed by atoms with Gasteiger partial charge in [0.05, 0.1) is 3.57 Å². The molecule has 2 rings (SSSR count). The fraction of sp³-hybridized carbons (Fsp3) is 0.348. The van der Waals surface area contributed by atoms with E-state index in [1.54, 1.807) is 6.92 Å². The van der Waals surface area contributed by atoms with Crippen molar-refractivity contribution >= 4 is 60.4 Å². The molecular formula is C23H23Br2IO4. The zero-order valence-corrected chi connectivity index (χ0v) is 22.1. The van der Waals surface area contributed by atoms with Crippen LogP contribution in [0.1, 0.15) is 25.8 Å². The number of carboxylic acid groups (broad SMARTS) is 1. The molecule has 0 aliphatic heterocycles. The third-order valence-corrected chi connectivity index (χ3v) is 6.35. The van der Waals surface area contributed by atoms with Crippen LogP contribution in [0.3, 0.4) is 0 Å². The van der Waals surface area contributed by atoms with Crippen LogP contribution in [0.5, 0.6) is 5.75 Å². The van der Waals surface area contributed by atoms with E-state index in [9.17, 15) is 9.90 Å². The first-order valence-corrected chi connectivity index (χ1v) is 12.1. The second kappa shape index (κ2) is 12.1. The van der Waals surface area contributed by atoms with Crippen molar-refractivity contribution in [3.63, 3.8) is 0 Å². The van der Waals surface area contributed by atoms with Crippen LogP contribution in [0.4, 0.5) is 0 Å². The molecule has 0 radical (unpaired) electrons. The molecule has 0 saturated heterocycles. The molecule has 1 aromatic carbocycles. The predicted molar refractivity (Wildman–Crippen MR) is 135 cm³/mol. The second-order valence-electron chi connectivity index (χ2n) is 6.71. The van der Waals surface area contributed by atoms with Crippen molar-refractivity contribution in [2.75, 3.05) is 13.2 Å². The molecule has 0 bridgehead atoms. The van der Waals surface area contributed by atoms with Gasteiger partial charge in [-0.2, -0.15) is 0 Å². The number of allylic oxidation sites excluding steroid dienone is 5. The average Bonchev–Trinajstić information content (AvgIpc) is 2.67. The summed E-state index contributed by atoms with van der Waals surface area (Å²) in [4.78, 5) is 11.3. The summed E-state index contributed by atoms with van der Waals surface area (Å²) >= 11 is 9.40. The molecule has 30 heavy (non-hydrogen) atoms. The summed E-state index contributed by atoms with van der Waals surface area (Å²) in [6.45, 7) is 4.51. The molecule has 0 spiro atoms. The molecule has 0 saturated carbocycles. The van der Waals surface area contributed by atoms with Gasteiger partial charge in [0.25, 0.3) is 0 Å². The number of alkyl halides is 1. The van der Waals surface area contributed by atoms with Crippen LogP contribution in [0.15, 0.2) is 52.6 Å². The molecule has 1 unspecified atom stereocenters. The van der Waals surface area contributed by atoms with Crippen LogP contribution >= 0.6 is 54.5 Å². The molecule has 0 amide bonds. The number of carbonyl (C=O) groups is 1. The Morgan fingerprint density at radius 1 is 1.47 bits per heavy atom. The topological polar surface area (TPSA) is 55.8 Å². The Kier molecular flexibility index (Phi) is 10.1. The minimum atomic E-state index is -0.953. The number of benzene rings is 1. The first-order valence-electron chi connectivity index (χ1n) is 9.41. The van der Waals surface area contributed by atoms with Crippen LogP contribution in [-0.2, 0) is 16.0 Å². The van der Waals surface area contributed by atoms with Crippen LogP contribution in [0.2, 0.25) is 0 Å². The molecule has 1 aromatic rings. The standard InChI is InChI=1S/C23H23Br2IO4/c1-3-29-21(22(27)28)14-17-6-7-20(19(26)13-17)30-12-9-16(2)8-11-23(25)10-4-5-18(24)15-23/h4-7,9-10,13,21H,3,12,14-15H2,1-2H3,(H,27,28)/b16-9-/t21-,23?/m0/s1. The van der Waals surface area contributed by atoms with Crippen LogP contribution in [0, 0.1) is 15.4 Å². The van der Waals surface area contributed by atoms with Crippen molar-refractivity contribution in [2.45, 2.75) is 37.1 Å². The largest absolute Gasteiger partial charge is 0.488 e. The summed E-state index contributed by atoms with van der Waals surface area (Å²) in [7, 11) is 0. The van der Waals surface area contributed by atoms with E-state index in [1.807, 2.05) is 49.4 Å². The molecule has 0 heterocycles. The van der Waals surface area contributed by atoms with Gasteiger partial charge in [0, 0.05) is 19.4 Å². The first kappa shape index (κ1) is 25.2. The summed E-state index contributed by atoms with van der Waals surface area (Å²) < 4.78 is 12.8. The van der Waals surface area contributed by atoms with E-state index in [4.69, 9.17) is 9.47 Å². The number of hydrogen-bond donors (Lipinski definition) is 1. The van der Waals surface area contributed by atoms with E-state index in [-0.39, 0.29) is 4.32 Å². The molecule has 4 nitrogen and oxygen atoms in total. The molecule has 2 atom stereocenters. The first-order chi connectivity index (χ1) is 14.2. The van der Waals surface area contributed by atoms with Crippen LogP contribution < -0.4 is 4.74 Å². The van der Waals surface area contributed by atoms with E-state index in [0.717, 1.165) is 31.4 Å². The highest BCUT2D eigenvalue weighted by molar-refractivity contribution is 14.1. The molecule has 1 N–H and O–H groups in total. The molecular weight excluding hydrogens is 627 g/mol. The van der Waals surface area contributed by atoms with Crippen molar-refractivity contribution in [1.29, 1.82) is 0 Å². The van der Waals surface area contributed by atoms with Gasteiger partial charge in [-0.3, -0.25) is 0 Å². The van der Waals surface area contributed by atoms with Crippen LogP contribution in [-0.4, -0.2) is 34.7 Å². The zero-order chi connectivity index (χ0) is 22.1. The lowest BCUT2D eigenvalue weighted by Crippen LogP contribution is -2.26. The Labute approximate surface area is 208 Å². The highest BCUT2D eigenvalue weighted by Crippen LogP contribution is 2.33. The second-order valence-corrected chi connectivity index (χ2v) is 10.3. The highest BCUT2D eigenvalue weighted by Gasteiger charge is 2.23. The quantitative estimate of drug-likeness (QED) is 0.213. The lowest BCUT2D eigenvalue weighted by Gasteiger charge is -2.19. The molecule has 1 aliphatic rings. The van der Waals surface area contributed by atoms with Crippen molar-refractivity contribution in [3.05, 3.63) is 61.7 Å². The summed E-state index contributed by atoms with van der Waals surface area (Å²) in [5.41, 5.74) is 1.83. The molecule has 7 heteroatoms. The zero-order valence-electron chi connectivity index (χ0n) is 16.8. The number of hydrogen-bond acceptors (Lipinski definition) is 3. The van der Waals surface area contributed by atoms with Gasteiger partial charge in [0.2, 0.25) is 0 Å². The van der Waals surface area contributed by atoms with Gasteiger partial charge in [0.15, 0.2) is 6.10 Å². The summed E-state index contributed by atoms with van der Waals surface area (Å²) in [5.74, 6) is 6.24. The van der Waals surface area contributed by atoms with Gasteiger partial charge in [-0.05, 0) is 70.3 Å². The van der Waals surface area contributed by atoms with Gasteiger partial charge in [-0.1, -0.05) is 68.0 Å². The lowest BCUT2D eigenvalue weighted by atomic mass is 10.0. The number of ether oxygens (including phenoxy) is 2. The monoisotopic (exact) mass is 648 g/mol. The van der Waals surface area contributed by atoms with Crippen molar-refractivity contribution < 1.29 is 19.4 Å². The van der Waals surface area contributed by atoms with Gasteiger partial charge in [-0.25, -0.2) is 4.79 Å². The Morgan fingerprint density at radius 3 is 2.87 bits per heavy atom. The SMILES string of the molecule is CCO[C@@H](Cc1ccc(OC/C=C(/C)C#CC2(Br)C=CC=C(Br)C2)c(I)c1)C(=O)O. The van der Waals surface area contributed by atoms with Crippen molar-refractivity contribution in [1.82, 2.24) is 0 Å². The van der Waals surface area contributed by atoms with E-state index in [0.29, 0.717) is 19.6 Å². The van der Waals surface area contributed by atoms with Gasteiger partial charge < -0.3 is 14.6 Å². The minimum Gasteiger partial charge on any atom is -0.488 e. The fourth-order valence-corrected chi connectivity index (χ4v) is 4.95. The molecule has 0 fully saturated rings. The maximum absolute atomic E-state index is 11.3. The van der Waals surface area contributed by atoms with E-state index >= 15 is 0 Å². The average molecular weight is 650 g/mol. The third kappa shape index (κ3) is 8.22. The van der Waals surface area contributed by atoms with Crippen molar-refractivity contribution in [3.8, 4) is 17.6 Å². The molecule has 160 valence electrons.